The molecule has 0 spiro atoms. The topological polar surface area (TPSA) is 63.3 Å². The summed E-state index contributed by atoms with van der Waals surface area (Å²) in [4.78, 5) is 0. The minimum absolute atomic E-state index is 0.0538. The van der Waals surface area contributed by atoms with E-state index in [0.29, 0.717) is 5.02 Å². The quantitative estimate of drug-likeness (QED) is 0.784. The van der Waals surface area contributed by atoms with Crippen LogP contribution in [0.3, 0.4) is 0 Å². The van der Waals surface area contributed by atoms with E-state index in [4.69, 9.17) is 11.6 Å². The first-order valence-corrected chi connectivity index (χ1v) is 4.51. The molecule has 0 radical (unpaired) electrons. The monoisotopic (exact) mass is 222 g/mol. The average Bonchev–Trinajstić information content (AvgIpc) is 2.73. The molecule has 15 heavy (non-hydrogen) atoms. The number of hydrogen-bond acceptors (Lipinski definition) is 4. The van der Waals surface area contributed by atoms with E-state index in [1.165, 1.54) is 23.4 Å². The zero-order valence-corrected chi connectivity index (χ0v) is 8.33. The molecule has 1 aromatic heterocycles. The highest BCUT2D eigenvalue weighted by atomic mass is 35.5. The van der Waals surface area contributed by atoms with Crippen molar-refractivity contribution in [1.82, 2.24) is 14.9 Å². The molecule has 2 rings (SSSR count). The number of aromatic hydroxyl groups is 1. The van der Waals surface area contributed by atoms with Crippen LogP contribution < -0.4 is 0 Å². The molecule has 1 heterocycles. The van der Waals surface area contributed by atoms with Crippen molar-refractivity contribution in [3.63, 3.8) is 0 Å². The number of benzene rings is 1. The fraction of sp³-hybridized carbons (Fsp3) is 0. The molecule has 0 fully saturated rings. The molecular weight excluding hydrogens is 216 g/mol. The highest BCUT2D eigenvalue weighted by Gasteiger charge is 1.97. The van der Waals surface area contributed by atoms with Crippen LogP contribution in [-0.4, -0.2) is 26.2 Å². The lowest BCUT2D eigenvalue weighted by molar-refractivity contribution is 0.475. The van der Waals surface area contributed by atoms with Crippen LogP contribution in [0.15, 0.2) is 36.0 Å². The van der Waals surface area contributed by atoms with E-state index in [1.807, 2.05) is 0 Å². The van der Waals surface area contributed by atoms with Crippen LogP contribution in [0.4, 0.5) is 0 Å². The van der Waals surface area contributed by atoms with Crippen LogP contribution in [0.1, 0.15) is 5.56 Å². The van der Waals surface area contributed by atoms with Crippen molar-refractivity contribution in [2.24, 2.45) is 5.10 Å². The largest absolute Gasteiger partial charge is 0.506 e. The van der Waals surface area contributed by atoms with Crippen LogP contribution >= 0.6 is 11.6 Å². The van der Waals surface area contributed by atoms with E-state index in [9.17, 15) is 5.11 Å². The number of phenolic OH excluding ortho intramolecular Hbond substituents is 1. The molecule has 0 amide bonds. The lowest BCUT2D eigenvalue weighted by Gasteiger charge is -1.97. The number of halogens is 1. The van der Waals surface area contributed by atoms with Crippen molar-refractivity contribution in [2.45, 2.75) is 0 Å². The van der Waals surface area contributed by atoms with Gasteiger partial charge in [0.15, 0.2) is 0 Å². The fourth-order valence-corrected chi connectivity index (χ4v) is 1.18. The van der Waals surface area contributed by atoms with Gasteiger partial charge in [-0.25, -0.2) is 4.68 Å². The Morgan fingerprint density at radius 1 is 1.33 bits per heavy atom. The van der Waals surface area contributed by atoms with Crippen LogP contribution in [0.5, 0.6) is 5.75 Å². The lowest BCUT2D eigenvalue weighted by Crippen LogP contribution is -1.87. The van der Waals surface area contributed by atoms with E-state index in [0.717, 1.165) is 5.56 Å². The summed E-state index contributed by atoms with van der Waals surface area (Å²) in [7, 11) is 0. The molecule has 0 atom stereocenters. The zero-order valence-electron chi connectivity index (χ0n) is 7.58. The highest BCUT2D eigenvalue weighted by molar-refractivity contribution is 6.32. The van der Waals surface area contributed by atoms with Crippen molar-refractivity contribution < 1.29 is 5.11 Å². The Bertz CT molecular complexity index is 481. The summed E-state index contributed by atoms with van der Waals surface area (Å²) in [5, 5.41) is 20.7. The van der Waals surface area contributed by atoms with Gasteiger partial charge >= 0.3 is 0 Å². The fourth-order valence-electron chi connectivity index (χ4n) is 0.992. The summed E-state index contributed by atoms with van der Waals surface area (Å²) >= 11 is 5.73. The van der Waals surface area contributed by atoms with Gasteiger partial charge in [0.05, 0.1) is 11.2 Å². The maximum Gasteiger partial charge on any atom is 0.141 e. The van der Waals surface area contributed by atoms with Crippen LogP contribution in [0.2, 0.25) is 5.02 Å². The molecule has 2 aromatic rings. The molecule has 0 aliphatic heterocycles. The number of hydrogen-bond donors (Lipinski definition) is 1. The summed E-state index contributed by atoms with van der Waals surface area (Å²) in [6.07, 6.45) is 4.53. The van der Waals surface area contributed by atoms with Gasteiger partial charge in [-0.2, -0.15) is 5.10 Å². The first-order chi connectivity index (χ1) is 7.25. The van der Waals surface area contributed by atoms with Gasteiger partial charge in [-0.3, -0.25) is 0 Å². The van der Waals surface area contributed by atoms with Gasteiger partial charge < -0.3 is 5.11 Å². The summed E-state index contributed by atoms with van der Waals surface area (Å²) in [6, 6.07) is 4.83. The number of aromatic nitrogens is 3. The van der Waals surface area contributed by atoms with Gasteiger partial charge in [0.2, 0.25) is 0 Å². The molecule has 0 unspecified atom stereocenters. The molecule has 1 N–H and O–H groups in total. The van der Waals surface area contributed by atoms with Crippen LogP contribution in [0, 0.1) is 0 Å². The Hall–Kier alpha value is -1.88. The summed E-state index contributed by atoms with van der Waals surface area (Å²) in [5.74, 6) is 0.0538. The van der Waals surface area contributed by atoms with Crippen molar-refractivity contribution in [1.29, 1.82) is 0 Å². The van der Waals surface area contributed by atoms with Gasteiger partial charge in [-0.15, -0.1) is 10.2 Å². The second-order valence-corrected chi connectivity index (χ2v) is 3.20. The Kier molecular flexibility index (Phi) is 2.64. The first-order valence-electron chi connectivity index (χ1n) is 4.13. The predicted octanol–water partition coefficient (Wildman–Crippen LogP) is 1.52. The molecule has 5 nitrogen and oxygen atoms in total. The van der Waals surface area contributed by atoms with Crippen LogP contribution in [-0.2, 0) is 0 Å². The standard InChI is InChI=1S/C9H7ClN4O/c10-8-3-7(1-2-9(8)15)4-13-14-5-11-12-6-14/h1-6,15H/b13-4-. The number of phenols is 1. The molecule has 0 saturated carbocycles. The normalized spacial score (nSPS) is 11.0. The lowest BCUT2D eigenvalue weighted by atomic mass is 10.2. The van der Waals surface area contributed by atoms with Crippen LogP contribution in [0.25, 0.3) is 0 Å². The minimum Gasteiger partial charge on any atom is -0.506 e. The molecule has 0 aliphatic rings. The summed E-state index contributed by atoms with van der Waals surface area (Å²) in [5.41, 5.74) is 0.784. The minimum atomic E-state index is 0.0538. The second-order valence-electron chi connectivity index (χ2n) is 2.80. The first kappa shape index (κ1) is 9.67. The SMILES string of the molecule is Oc1ccc(/C=N\n2cnnc2)cc1Cl. The van der Waals surface area contributed by atoms with E-state index in [1.54, 1.807) is 18.3 Å². The van der Waals surface area contributed by atoms with Crippen molar-refractivity contribution in [2.75, 3.05) is 0 Å². The molecular formula is C9H7ClN4O. The third-order valence-electron chi connectivity index (χ3n) is 1.72. The van der Waals surface area contributed by atoms with Crippen molar-refractivity contribution in [3.8, 4) is 5.75 Å². The zero-order chi connectivity index (χ0) is 10.7. The Morgan fingerprint density at radius 3 is 2.73 bits per heavy atom. The Morgan fingerprint density at radius 2 is 2.07 bits per heavy atom. The van der Waals surface area contributed by atoms with Gasteiger partial charge in [-0.1, -0.05) is 11.6 Å². The molecule has 0 aliphatic carbocycles. The van der Waals surface area contributed by atoms with Gasteiger partial charge in [0.1, 0.15) is 18.4 Å². The van der Waals surface area contributed by atoms with Crippen molar-refractivity contribution >= 4 is 17.8 Å². The smallest absolute Gasteiger partial charge is 0.141 e. The maximum atomic E-state index is 9.19. The molecule has 1 aromatic carbocycles. The summed E-state index contributed by atoms with van der Waals surface area (Å²) in [6.45, 7) is 0. The third-order valence-corrected chi connectivity index (χ3v) is 2.02. The molecule has 0 bridgehead atoms. The second kappa shape index (κ2) is 4.10. The maximum absolute atomic E-state index is 9.19. The van der Waals surface area contributed by atoms with E-state index in [-0.39, 0.29) is 5.75 Å². The third kappa shape index (κ3) is 2.32. The van der Waals surface area contributed by atoms with E-state index >= 15 is 0 Å². The van der Waals surface area contributed by atoms with E-state index in [2.05, 4.69) is 15.3 Å². The average molecular weight is 223 g/mol. The number of rotatable bonds is 2. The summed E-state index contributed by atoms with van der Waals surface area (Å²) < 4.78 is 1.46. The molecule has 0 saturated heterocycles. The molecule has 76 valence electrons. The Balaban J connectivity index is 2.21. The van der Waals surface area contributed by atoms with Gasteiger partial charge in [0, 0.05) is 0 Å². The predicted molar refractivity (Wildman–Crippen MR) is 56.1 cm³/mol. The highest BCUT2D eigenvalue weighted by Crippen LogP contribution is 2.22. The van der Waals surface area contributed by atoms with E-state index < -0.39 is 0 Å². The Labute approximate surface area is 90.6 Å². The van der Waals surface area contributed by atoms with Gasteiger partial charge in [-0.05, 0) is 23.8 Å². The van der Waals surface area contributed by atoms with Gasteiger partial charge in [0.25, 0.3) is 0 Å². The van der Waals surface area contributed by atoms with Crippen molar-refractivity contribution in [3.05, 3.63) is 41.4 Å². The molecule has 6 heteroatoms. The number of nitrogens with zero attached hydrogens (tertiary/aromatic N) is 4.